The molecule has 0 saturated heterocycles. The molecule has 5 rings (SSSR count). The molecule has 3 saturated carbocycles. The maximum atomic E-state index is 12.8. The van der Waals surface area contributed by atoms with Gasteiger partial charge in [-0.05, 0) is 25.3 Å². The van der Waals surface area contributed by atoms with Crippen LogP contribution < -0.4 is 5.56 Å². The Morgan fingerprint density at radius 3 is 2.60 bits per heavy atom. The summed E-state index contributed by atoms with van der Waals surface area (Å²) in [4.78, 5) is 22.8. The Labute approximate surface area is 111 Å². The topological polar surface area (TPSA) is 58.6 Å². The van der Waals surface area contributed by atoms with Crippen molar-refractivity contribution >= 4 is 10.9 Å². The van der Waals surface area contributed by atoms with Gasteiger partial charge >= 0.3 is 6.18 Å². The quantitative estimate of drug-likeness (QED) is 0.872. The van der Waals surface area contributed by atoms with E-state index in [9.17, 15) is 18.0 Å². The number of pyridine rings is 1. The van der Waals surface area contributed by atoms with Gasteiger partial charge in [0.1, 0.15) is 5.82 Å². The van der Waals surface area contributed by atoms with Crippen molar-refractivity contribution in [3.05, 3.63) is 34.6 Å². The second kappa shape index (κ2) is 3.21. The zero-order valence-electron chi connectivity index (χ0n) is 10.3. The lowest BCUT2D eigenvalue weighted by Gasteiger charge is -2.69. The van der Waals surface area contributed by atoms with Crippen molar-refractivity contribution in [2.75, 3.05) is 0 Å². The molecule has 104 valence electrons. The van der Waals surface area contributed by atoms with Gasteiger partial charge in [-0.15, -0.1) is 0 Å². The summed E-state index contributed by atoms with van der Waals surface area (Å²) >= 11 is 0. The Kier molecular flexibility index (Phi) is 1.91. The maximum Gasteiger partial charge on any atom is 0.394 e. The zero-order valence-corrected chi connectivity index (χ0v) is 10.3. The van der Waals surface area contributed by atoms with Crippen molar-refractivity contribution in [2.45, 2.75) is 30.9 Å². The first-order valence-electron chi connectivity index (χ1n) is 6.27. The molecule has 20 heavy (non-hydrogen) atoms. The van der Waals surface area contributed by atoms with Crippen LogP contribution in [0, 0.1) is 5.41 Å². The number of alkyl halides is 3. The molecular weight excluding hydrogens is 271 g/mol. The molecule has 3 aliphatic carbocycles. The Balaban J connectivity index is 1.75. The fourth-order valence-corrected chi connectivity index (χ4v) is 3.58. The van der Waals surface area contributed by atoms with Gasteiger partial charge < -0.3 is 4.98 Å². The third-order valence-corrected chi connectivity index (χ3v) is 4.64. The van der Waals surface area contributed by atoms with Gasteiger partial charge in [0, 0.05) is 11.6 Å². The van der Waals surface area contributed by atoms with Gasteiger partial charge in [-0.3, -0.25) is 9.78 Å². The van der Waals surface area contributed by atoms with E-state index in [0.717, 1.165) is 0 Å². The van der Waals surface area contributed by atoms with Gasteiger partial charge in [-0.1, -0.05) is 0 Å². The lowest BCUT2D eigenvalue weighted by atomic mass is 9.34. The van der Waals surface area contributed by atoms with Gasteiger partial charge in [0.25, 0.3) is 5.56 Å². The fraction of sp³-hybridized carbons (Fsp3) is 0.462. The molecule has 2 aromatic rings. The third-order valence-electron chi connectivity index (χ3n) is 4.64. The number of hydrogen-bond donors (Lipinski definition) is 1. The summed E-state index contributed by atoms with van der Waals surface area (Å²) in [6.45, 7) is 0. The van der Waals surface area contributed by atoms with Gasteiger partial charge in [0.05, 0.1) is 22.5 Å². The van der Waals surface area contributed by atoms with Crippen LogP contribution in [0.3, 0.4) is 0 Å². The Bertz CT molecular complexity index is 760. The van der Waals surface area contributed by atoms with E-state index < -0.39 is 17.0 Å². The van der Waals surface area contributed by atoms with Crippen molar-refractivity contribution in [1.29, 1.82) is 0 Å². The monoisotopic (exact) mass is 281 g/mol. The largest absolute Gasteiger partial charge is 0.394 e. The predicted octanol–water partition coefficient (Wildman–Crippen LogP) is 2.30. The first kappa shape index (κ1) is 11.9. The van der Waals surface area contributed by atoms with Crippen LogP contribution in [0.15, 0.2) is 23.3 Å². The molecule has 2 aromatic heterocycles. The molecule has 0 radical (unpaired) electrons. The lowest BCUT2D eigenvalue weighted by molar-refractivity contribution is -0.338. The molecule has 0 aliphatic heterocycles. The second-order valence-corrected chi connectivity index (χ2v) is 5.90. The molecule has 2 heterocycles. The first-order chi connectivity index (χ1) is 9.35. The first-order valence-corrected chi connectivity index (χ1v) is 6.27. The SMILES string of the molecule is O=c1[nH]c(C23CC(C(F)(F)F)(C2)C3)nc2cnccc12. The van der Waals surface area contributed by atoms with Crippen molar-refractivity contribution in [3.8, 4) is 0 Å². The van der Waals surface area contributed by atoms with Crippen molar-refractivity contribution < 1.29 is 13.2 Å². The number of H-pyrrole nitrogens is 1. The van der Waals surface area contributed by atoms with Crippen LogP contribution in [0.25, 0.3) is 10.9 Å². The van der Waals surface area contributed by atoms with E-state index in [-0.39, 0.29) is 24.8 Å². The van der Waals surface area contributed by atoms with E-state index in [1.165, 1.54) is 12.4 Å². The minimum Gasteiger partial charge on any atom is -0.310 e. The normalized spacial score (nSPS) is 31.8. The smallest absolute Gasteiger partial charge is 0.310 e. The molecule has 2 bridgehead atoms. The Hall–Kier alpha value is -1.92. The summed E-state index contributed by atoms with van der Waals surface area (Å²) in [5, 5.41) is 0.404. The minimum absolute atomic E-state index is 0.0260. The Morgan fingerprint density at radius 2 is 1.95 bits per heavy atom. The molecule has 7 heteroatoms. The highest BCUT2D eigenvalue weighted by atomic mass is 19.4. The molecule has 0 amide bonds. The van der Waals surface area contributed by atoms with E-state index >= 15 is 0 Å². The highest BCUT2D eigenvalue weighted by molar-refractivity contribution is 5.76. The molecule has 3 fully saturated rings. The molecular formula is C13H10F3N3O. The highest BCUT2D eigenvalue weighted by Crippen LogP contribution is 2.78. The summed E-state index contributed by atoms with van der Waals surface area (Å²) in [6, 6.07) is 1.55. The number of halogens is 3. The van der Waals surface area contributed by atoms with E-state index in [0.29, 0.717) is 16.7 Å². The maximum absolute atomic E-state index is 12.8. The molecule has 3 aliphatic rings. The fourth-order valence-electron chi connectivity index (χ4n) is 3.58. The predicted molar refractivity (Wildman–Crippen MR) is 64.2 cm³/mol. The van der Waals surface area contributed by atoms with Gasteiger partial charge in [-0.25, -0.2) is 4.98 Å². The average molecular weight is 281 g/mol. The molecule has 1 N–H and O–H groups in total. The van der Waals surface area contributed by atoms with E-state index in [1.54, 1.807) is 6.07 Å². The van der Waals surface area contributed by atoms with Crippen LogP contribution >= 0.6 is 0 Å². The van der Waals surface area contributed by atoms with E-state index in [1.807, 2.05) is 0 Å². The highest BCUT2D eigenvalue weighted by Gasteiger charge is 2.79. The van der Waals surface area contributed by atoms with Crippen LogP contribution in [-0.2, 0) is 5.41 Å². The van der Waals surface area contributed by atoms with Crippen LogP contribution in [0.2, 0.25) is 0 Å². The molecule has 0 unspecified atom stereocenters. The van der Waals surface area contributed by atoms with Crippen molar-refractivity contribution in [3.63, 3.8) is 0 Å². The Morgan fingerprint density at radius 1 is 1.25 bits per heavy atom. The van der Waals surface area contributed by atoms with E-state index in [4.69, 9.17) is 0 Å². The number of aromatic nitrogens is 3. The van der Waals surface area contributed by atoms with Gasteiger partial charge in [0.15, 0.2) is 0 Å². The third kappa shape index (κ3) is 1.25. The summed E-state index contributed by atoms with van der Waals surface area (Å²) in [5.74, 6) is 0.370. The summed E-state index contributed by atoms with van der Waals surface area (Å²) in [7, 11) is 0. The second-order valence-electron chi connectivity index (χ2n) is 5.90. The number of rotatable bonds is 1. The number of fused-ring (bicyclic) bond motifs is 1. The number of hydrogen-bond acceptors (Lipinski definition) is 3. The zero-order chi connectivity index (χ0) is 14.2. The summed E-state index contributed by atoms with van der Waals surface area (Å²) < 4.78 is 38.5. The molecule has 0 aromatic carbocycles. The van der Waals surface area contributed by atoms with Crippen LogP contribution in [-0.4, -0.2) is 21.1 Å². The standard InChI is InChI=1S/C13H10F3N3O/c14-13(15,16)12-4-11(5-12,6-12)10-18-8-3-17-2-1-7(8)9(20)19-10/h1-3H,4-6H2,(H,18,19,20). The minimum atomic E-state index is -4.16. The molecule has 0 atom stereocenters. The number of nitrogens with one attached hydrogen (secondary N) is 1. The lowest BCUT2D eigenvalue weighted by Crippen LogP contribution is -2.71. The van der Waals surface area contributed by atoms with Crippen molar-refractivity contribution in [1.82, 2.24) is 15.0 Å². The van der Waals surface area contributed by atoms with Crippen LogP contribution in [0.5, 0.6) is 0 Å². The van der Waals surface area contributed by atoms with Crippen LogP contribution in [0.1, 0.15) is 25.1 Å². The summed E-state index contributed by atoms with van der Waals surface area (Å²) in [5.41, 5.74) is -2.04. The van der Waals surface area contributed by atoms with Gasteiger partial charge in [-0.2, -0.15) is 13.2 Å². The van der Waals surface area contributed by atoms with Crippen LogP contribution in [0.4, 0.5) is 13.2 Å². The molecule has 4 nitrogen and oxygen atoms in total. The van der Waals surface area contributed by atoms with Gasteiger partial charge in [0.2, 0.25) is 0 Å². The van der Waals surface area contributed by atoms with E-state index in [2.05, 4.69) is 15.0 Å². The number of aromatic amines is 1. The number of nitrogens with zero attached hydrogens (tertiary/aromatic N) is 2. The summed E-state index contributed by atoms with van der Waals surface area (Å²) in [6.07, 6.45) is -1.14. The molecule has 0 spiro atoms. The average Bonchev–Trinajstić information content (AvgIpc) is 2.23. The van der Waals surface area contributed by atoms with Crippen molar-refractivity contribution in [2.24, 2.45) is 5.41 Å².